The maximum Gasteiger partial charge on any atom is 0.234 e. The Bertz CT molecular complexity index is 1040. The molecule has 4 amide bonds. The Labute approximate surface area is 290 Å². The molecule has 290 valence electrons. The minimum Gasteiger partial charge on any atom is -0.394 e. The molecule has 0 bridgehead atoms. The summed E-state index contributed by atoms with van der Waals surface area (Å²) in [6.07, 6.45) is -11.2. The van der Waals surface area contributed by atoms with E-state index in [1.165, 1.54) is 11.8 Å². The molecule has 20 heteroatoms. The number of carbonyl (C=O) groups is 4. The SMILES string of the molecule is CCNC(=O)CCCCCNC(=O)CN(CC(=O)NCCO[C@H]1O[C@H](CO)[C@@H](O)[C@H](O)[C@@H]1O)CC(=O)NCCO[C@@H]1O[C@@H](C)[C@@H](O)[C@@H](O)[C@@H]1O. The van der Waals surface area contributed by atoms with Crippen molar-refractivity contribution < 1.29 is 73.9 Å². The minimum atomic E-state index is -1.62. The topological polar surface area (TPSA) is 298 Å². The van der Waals surface area contributed by atoms with Crippen molar-refractivity contribution in [2.45, 2.75) is 101 Å². The quantitative estimate of drug-likeness (QED) is 0.0463. The summed E-state index contributed by atoms with van der Waals surface area (Å²) in [6, 6.07) is 0. The van der Waals surface area contributed by atoms with Crippen LogP contribution in [0.25, 0.3) is 0 Å². The van der Waals surface area contributed by atoms with Crippen molar-refractivity contribution in [3.63, 3.8) is 0 Å². The van der Waals surface area contributed by atoms with E-state index in [1.54, 1.807) is 0 Å². The van der Waals surface area contributed by atoms with Gasteiger partial charge >= 0.3 is 0 Å². The van der Waals surface area contributed by atoms with Gasteiger partial charge in [0.25, 0.3) is 0 Å². The van der Waals surface area contributed by atoms with E-state index >= 15 is 0 Å². The maximum atomic E-state index is 12.7. The maximum absolute atomic E-state index is 12.7. The van der Waals surface area contributed by atoms with E-state index in [4.69, 9.17) is 18.9 Å². The molecule has 0 aromatic carbocycles. The van der Waals surface area contributed by atoms with Crippen molar-refractivity contribution in [1.82, 2.24) is 26.2 Å². The van der Waals surface area contributed by atoms with Crippen molar-refractivity contribution in [2.75, 3.05) is 65.6 Å². The summed E-state index contributed by atoms with van der Waals surface area (Å²) in [6.45, 7) is 2.09. The van der Waals surface area contributed by atoms with E-state index in [9.17, 15) is 54.9 Å². The fourth-order valence-electron chi connectivity index (χ4n) is 5.13. The number of hydrogen-bond acceptors (Lipinski definition) is 16. The van der Waals surface area contributed by atoms with Gasteiger partial charge in [-0.1, -0.05) is 6.42 Å². The van der Waals surface area contributed by atoms with Gasteiger partial charge in [0.15, 0.2) is 12.6 Å². The van der Waals surface area contributed by atoms with Gasteiger partial charge in [-0.05, 0) is 26.7 Å². The van der Waals surface area contributed by atoms with E-state index < -0.39 is 85.7 Å². The molecule has 0 radical (unpaired) electrons. The highest BCUT2D eigenvalue weighted by Gasteiger charge is 2.44. The lowest BCUT2D eigenvalue weighted by atomic mass is 9.99. The van der Waals surface area contributed by atoms with Crippen LogP contribution in [0.4, 0.5) is 0 Å². The van der Waals surface area contributed by atoms with E-state index in [0.717, 1.165) is 0 Å². The Balaban J connectivity index is 1.82. The molecule has 2 saturated heterocycles. The van der Waals surface area contributed by atoms with Crippen molar-refractivity contribution >= 4 is 23.6 Å². The number of unbranched alkanes of at least 4 members (excludes halogenated alkanes) is 2. The van der Waals surface area contributed by atoms with Gasteiger partial charge in [-0.3, -0.25) is 24.1 Å². The Morgan fingerprint density at radius 1 is 0.620 bits per heavy atom. The fourth-order valence-corrected chi connectivity index (χ4v) is 5.13. The first-order chi connectivity index (χ1) is 23.8. The number of rotatable bonds is 22. The lowest BCUT2D eigenvalue weighted by molar-refractivity contribution is -0.300. The molecule has 50 heavy (non-hydrogen) atoms. The Morgan fingerprint density at radius 2 is 1.12 bits per heavy atom. The largest absolute Gasteiger partial charge is 0.394 e. The molecule has 10 atom stereocenters. The summed E-state index contributed by atoms with van der Waals surface area (Å²) in [5, 5.41) is 79.5. The molecule has 0 aromatic heterocycles. The Hall–Kier alpha value is -2.60. The first kappa shape index (κ1) is 43.6. The van der Waals surface area contributed by atoms with Crippen molar-refractivity contribution in [3.05, 3.63) is 0 Å². The lowest BCUT2D eigenvalue weighted by Crippen LogP contribution is -2.59. The van der Waals surface area contributed by atoms with Crippen molar-refractivity contribution in [2.24, 2.45) is 0 Å². The van der Waals surface area contributed by atoms with Gasteiger partial charge in [-0.15, -0.1) is 0 Å². The first-order valence-corrected chi connectivity index (χ1v) is 16.8. The van der Waals surface area contributed by atoms with Crippen LogP contribution < -0.4 is 21.3 Å². The zero-order chi connectivity index (χ0) is 37.2. The molecule has 2 heterocycles. The molecule has 0 saturated carbocycles. The molecule has 2 fully saturated rings. The van der Waals surface area contributed by atoms with Crippen molar-refractivity contribution in [3.8, 4) is 0 Å². The van der Waals surface area contributed by atoms with Gasteiger partial charge in [-0.2, -0.15) is 0 Å². The number of carbonyl (C=O) groups excluding carboxylic acids is 4. The van der Waals surface area contributed by atoms with Gasteiger partial charge < -0.3 is 76.0 Å². The third-order valence-corrected chi connectivity index (χ3v) is 7.95. The molecule has 2 aliphatic rings. The minimum absolute atomic E-state index is 0.0381. The molecule has 0 spiro atoms. The summed E-state index contributed by atoms with van der Waals surface area (Å²) in [4.78, 5) is 50.9. The first-order valence-electron chi connectivity index (χ1n) is 16.8. The van der Waals surface area contributed by atoms with Crippen LogP contribution in [0.2, 0.25) is 0 Å². The average molecular weight is 726 g/mol. The highest BCUT2D eigenvalue weighted by Crippen LogP contribution is 2.22. The molecular weight excluding hydrogens is 670 g/mol. The normalized spacial score (nSPS) is 29.7. The Morgan fingerprint density at radius 3 is 1.64 bits per heavy atom. The van der Waals surface area contributed by atoms with E-state index in [-0.39, 0.29) is 51.8 Å². The summed E-state index contributed by atoms with van der Waals surface area (Å²) in [5.74, 6) is -1.61. The van der Waals surface area contributed by atoms with E-state index in [0.29, 0.717) is 38.8 Å². The smallest absolute Gasteiger partial charge is 0.234 e. The van der Waals surface area contributed by atoms with E-state index in [2.05, 4.69) is 21.3 Å². The number of aliphatic hydroxyl groups excluding tert-OH is 7. The average Bonchev–Trinajstić information content (AvgIpc) is 3.07. The second kappa shape index (κ2) is 23.1. The second-order valence-corrected chi connectivity index (χ2v) is 12.1. The highest BCUT2D eigenvalue weighted by molar-refractivity contribution is 5.84. The third kappa shape index (κ3) is 14.9. The van der Waals surface area contributed by atoms with Crippen LogP contribution in [-0.2, 0) is 38.1 Å². The number of aliphatic hydroxyl groups is 7. The van der Waals surface area contributed by atoms with Gasteiger partial charge in [0, 0.05) is 32.6 Å². The van der Waals surface area contributed by atoms with Crippen molar-refractivity contribution in [1.29, 1.82) is 0 Å². The number of ether oxygens (including phenoxy) is 4. The number of hydrogen-bond donors (Lipinski definition) is 11. The molecule has 0 aliphatic carbocycles. The summed E-state index contributed by atoms with van der Waals surface area (Å²) in [5.41, 5.74) is 0. The predicted octanol–water partition coefficient (Wildman–Crippen LogP) is -6.01. The molecule has 11 N–H and O–H groups in total. The van der Waals surface area contributed by atoms with E-state index in [1.807, 2.05) is 6.92 Å². The monoisotopic (exact) mass is 725 g/mol. The zero-order valence-electron chi connectivity index (χ0n) is 28.5. The van der Waals surface area contributed by atoms with Gasteiger partial charge in [0.1, 0.15) is 42.7 Å². The van der Waals surface area contributed by atoms with Crippen LogP contribution in [0.15, 0.2) is 0 Å². The van der Waals surface area contributed by atoms with Crippen LogP contribution >= 0.6 is 0 Å². The number of nitrogens with one attached hydrogen (secondary N) is 4. The summed E-state index contributed by atoms with van der Waals surface area (Å²) in [7, 11) is 0. The summed E-state index contributed by atoms with van der Waals surface area (Å²) < 4.78 is 21.3. The van der Waals surface area contributed by atoms with Gasteiger partial charge in [0.2, 0.25) is 23.6 Å². The van der Waals surface area contributed by atoms with Crippen LogP contribution in [-0.4, -0.2) is 191 Å². The van der Waals surface area contributed by atoms with Crippen LogP contribution in [0.1, 0.15) is 39.5 Å². The van der Waals surface area contributed by atoms with Crippen LogP contribution in [0.5, 0.6) is 0 Å². The molecule has 0 aromatic rings. The summed E-state index contributed by atoms with van der Waals surface area (Å²) >= 11 is 0. The third-order valence-electron chi connectivity index (χ3n) is 7.95. The number of amides is 4. The predicted molar refractivity (Wildman–Crippen MR) is 171 cm³/mol. The number of nitrogens with zero attached hydrogens (tertiary/aromatic N) is 1. The molecule has 20 nitrogen and oxygen atoms in total. The molecule has 2 rings (SSSR count). The second-order valence-electron chi connectivity index (χ2n) is 12.1. The highest BCUT2D eigenvalue weighted by atomic mass is 16.7. The Kier molecular flexibility index (Phi) is 20.1. The zero-order valence-corrected chi connectivity index (χ0v) is 28.5. The van der Waals surface area contributed by atoms with Crippen LogP contribution in [0, 0.1) is 0 Å². The molecule has 0 unspecified atom stereocenters. The van der Waals surface area contributed by atoms with Crippen LogP contribution in [0.3, 0.4) is 0 Å². The standard InChI is InChI=1S/C30H55N5O15/c1-3-31-19(37)7-5-4-6-8-32-20(38)13-35(14-21(39)33-9-11-47-29-27(45)25(43)23(41)17(2)49-29)15-22(40)34-10-12-48-30-28(46)26(44)24(42)18(16-36)50-30/h17-18,23-30,36,41-46H,3-16H2,1-2H3,(H,31,37)(H,32,38)(H,33,39)(H,34,40)/t17-,18+,23+,24+,25+,26-,27-,28-,29+,30-/m0/s1. The fraction of sp³-hybridized carbons (Fsp3) is 0.867. The molecule has 2 aliphatic heterocycles. The van der Waals surface area contributed by atoms with Gasteiger partial charge in [0.05, 0.1) is 45.6 Å². The molecular formula is C30H55N5O15. The lowest BCUT2D eigenvalue weighted by Gasteiger charge is -2.39. The van der Waals surface area contributed by atoms with Gasteiger partial charge in [-0.25, -0.2) is 0 Å².